The van der Waals surface area contributed by atoms with Crippen molar-refractivity contribution in [2.45, 2.75) is 50.6 Å². The lowest BCUT2D eigenvalue weighted by molar-refractivity contribution is -0.131. The van der Waals surface area contributed by atoms with Gasteiger partial charge in [0.15, 0.2) is 0 Å². The third-order valence-corrected chi connectivity index (χ3v) is 7.28. The van der Waals surface area contributed by atoms with E-state index in [1.165, 1.54) is 0 Å². The van der Waals surface area contributed by atoms with Gasteiger partial charge in [0.1, 0.15) is 11.6 Å². The molecule has 0 amide bonds. The summed E-state index contributed by atoms with van der Waals surface area (Å²) >= 11 is 0. The van der Waals surface area contributed by atoms with Crippen molar-refractivity contribution in [1.82, 2.24) is 4.90 Å². The largest absolute Gasteiger partial charge is 0.478 e. The molecule has 0 radical (unpaired) electrons. The number of aliphatic carboxylic acids is 1. The molecule has 1 aliphatic heterocycles. The molecular formula is C27H25F4NO2. The second-order valence-electron chi connectivity index (χ2n) is 9.69. The van der Waals surface area contributed by atoms with Gasteiger partial charge in [0, 0.05) is 37.1 Å². The lowest BCUT2D eigenvalue weighted by Gasteiger charge is -2.46. The van der Waals surface area contributed by atoms with Crippen LogP contribution >= 0.6 is 0 Å². The fraction of sp³-hybridized carbons (Fsp3) is 0.370. The normalized spacial score (nSPS) is 24.3. The summed E-state index contributed by atoms with van der Waals surface area (Å²) in [6.45, 7) is 2.32. The Kier molecular flexibility index (Phi) is 5.63. The molecule has 0 aromatic heterocycles. The SMILES string of the molecule is CC1CC2=C(Cc3ccccc32)C(c2c(F)cc(/C=C/C(=O)O)cc2F)N1CC1CC(F)(F)C1. The van der Waals surface area contributed by atoms with Gasteiger partial charge in [0.25, 0.3) is 0 Å². The standard InChI is InChI=1S/C27H25F4NO2/c1-15-8-20-19-5-3-2-4-18(19)11-21(20)26(32(15)14-17-12-27(30,31)13-17)25-22(28)9-16(10-23(25)29)6-7-24(33)34/h2-7,9-10,15,17,26H,8,11-14H2,1H3,(H,33,34)/b7-6+. The monoisotopic (exact) mass is 471 g/mol. The minimum atomic E-state index is -2.66. The quantitative estimate of drug-likeness (QED) is 0.414. The molecule has 178 valence electrons. The molecule has 7 heteroatoms. The summed E-state index contributed by atoms with van der Waals surface area (Å²) < 4.78 is 58.1. The summed E-state index contributed by atoms with van der Waals surface area (Å²) in [5.41, 5.74) is 4.19. The average molecular weight is 471 g/mol. The van der Waals surface area contributed by atoms with E-state index in [2.05, 4.69) is 0 Å². The van der Waals surface area contributed by atoms with E-state index in [1.807, 2.05) is 36.1 Å². The fourth-order valence-electron chi connectivity index (χ4n) is 5.79. The first-order chi connectivity index (χ1) is 16.1. The van der Waals surface area contributed by atoms with E-state index in [-0.39, 0.29) is 35.9 Å². The lowest BCUT2D eigenvalue weighted by atomic mass is 9.78. The molecule has 3 aliphatic rings. The van der Waals surface area contributed by atoms with Crippen LogP contribution in [0.1, 0.15) is 54.5 Å². The molecule has 3 nitrogen and oxygen atoms in total. The van der Waals surface area contributed by atoms with Crippen molar-refractivity contribution in [3.63, 3.8) is 0 Å². The first-order valence-corrected chi connectivity index (χ1v) is 11.5. The Labute approximate surface area is 195 Å². The second kappa shape index (κ2) is 8.38. The zero-order valence-corrected chi connectivity index (χ0v) is 18.7. The van der Waals surface area contributed by atoms with Crippen LogP contribution in [0.15, 0.2) is 48.0 Å². The Balaban J connectivity index is 1.58. The number of hydrogen-bond acceptors (Lipinski definition) is 2. The molecule has 2 atom stereocenters. The number of rotatable bonds is 5. The molecule has 1 N–H and O–H groups in total. The molecule has 1 saturated carbocycles. The molecule has 0 saturated heterocycles. The van der Waals surface area contributed by atoms with Gasteiger partial charge in [-0.25, -0.2) is 22.4 Å². The molecule has 2 unspecified atom stereocenters. The number of carboxylic acids is 1. The third kappa shape index (κ3) is 4.06. The number of halogens is 4. The van der Waals surface area contributed by atoms with E-state index in [9.17, 15) is 13.6 Å². The highest BCUT2D eigenvalue weighted by Gasteiger charge is 2.48. The van der Waals surface area contributed by atoms with Gasteiger partial charge >= 0.3 is 5.97 Å². The second-order valence-corrected chi connectivity index (χ2v) is 9.69. The third-order valence-electron chi connectivity index (χ3n) is 7.28. The Hall–Kier alpha value is -2.93. The van der Waals surface area contributed by atoms with E-state index >= 15 is 8.78 Å². The van der Waals surface area contributed by atoms with Gasteiger partial charge in [0.2, 0.25) is 5.92 Å². The number of fused-ring (bicyclic) bond motifs is 2. The van der Waals surface area contributed by atoms with Crippen molar-refractivity contribution >= 4 is 17.6 Å². The molecule has 1 heterocycles. The zero-order chi connectivity index (χ0) is 24.2. The summed E-state index contributed by atoms with van der Waals surface area (Å²) in [6, 6.07) is 9.39. The van der Waals surface area contributed by atoms with Crippen LogP contribution in [-0.4, -0.2) is 34.5 Å². The molecule has 0 spiro atoms. The van der Waals surface area contributed by atoms with Crippen LogP contribution in [0, 0.1) is 17.6 Å². The molecular weight excluding hydrogens is 446 g/mol. The van der Waals surface area contributed by atoms with E-state index in [0.717, 1.165) is 46.6 Å². The maximum Gasteiger partial charge on any atom is 0.328 e. The Morgan fingerprint density at radius 2 is 1.85 bits per heavy atom. The van der Waals surface area contributed by atoms with Crippen LogP contribution in [-0.2, 0) is 11.2 Å². The van der Waals surface area contributed by atoms with E-state index in [0.29, 0.717) is 19.4 Å². The maximum atomic E-state index is 15.5. The van der Waals surface area contributed by atoms with E-state index < -0.39 is 29.6 Å². The molecule has 2 aromatic rings. The van der Waals surface area contributed by atoms with Gasteiger partial charge < -0.3 is 5.11 Å². The van der Waals surface area contributed by atoms with E-state index in [4.69, 9.17) is 5.11 Å². The zero-order valence-electron chi connectivity index (χ0n) is 18.7. The predicted molar refractivity (Wildman–Crippen MR) is 121 cm³/mol. The highest BCUT2D eigenvalue weighted by atomic mass is 19.3. The van der Waals surface area contributed by atoms with Crippen LogP contribution in [0.2, 0.25) is 0 Å². The number of carboxylic acid groups (broad SMARTS) is 1. The van der Waals surface area contributed by atoms with Crippen LogP contribution < -0.4 is 0 Å². The summed E-state index contributed by atoms with van der Waals surface area (Å²) in [7, 11) is 0. The average Bonchev–Trinajstić information content (AvgIpc) is 3.10. The molecule has 2 aliphatic carbocycles. The Morgan fingerprint density at radius 1 is 1.18 bits per heavy atom. The van der Waals surface area contributed by atoms with Crippen molar-refractivity contribution in [2.75, 3.05) is 6.54 Å². The number of nitrogens with zero attached hydrogens (tertiary/aromatic N) is 1. The van der Waals surface area contributed by atoms with Gasteiger partial charge in [-0.1, -0.05) is 24.3 Å². The van der Waals surface area contributed by atoms with Crippen LogP contribution in [0.25, 0.3) is 11.6 Å². The summed E-state index contributed by atoms with van der Waals surface area (Å²) in [4.78, 5) is 12.8. The molecule has 2 aromatic carbocycles. The van der Waals surface area contributed by atoms with Crippen molar-refractivity contribution in [3.8, 4) is 0 Å². The van der Waals surface area contributed by atoms with Gasteiger partial charge in [0.05, 0.1) is 6.04 Å². The molecule has 5 rings (SSSR count). The number of hydrogen-bond donors (Lipinski definition) is 1. The first-order valence-electron chi connectivity index (χ1n) is 11.5. The van der Waals surface area contributed by atoms with Gasteiger partial charge in [-0.15, -0.1) is 0 Å². The number of benzene rings is 2. The van der Waals surface area contributed by atoms with Crippen molar-refractivity contribution in [1.29, 1.82) is 0 Å². The predicted octanol–water partition coefficient (Wildman–Crippen LogP) is 6.25. The van der Waals surface area contributed by atoms with E-state index in [1.54, 1.807) is 0 Å². The molecule has 34 heavy (non-hydrogen) atoms. The fourth-order valence-corrected chi connectivity index (χ4v) is 5.79. The minimum Gasteiger partial charge on any atom is -0.478 e. The highest BCUT2D eigenvalue weighted by molar-refractivity contribution is 5.85. The minimum absolute atomic E-state index is 0.0884. The smallest absolute Gasteiger partial charge is 0.328 e. The Bertz CT molecular complexity index is 1190. The van der Waals surface area contributed by atoms with Gasteiger partial charge in [-0.05, 0) is 71.7 Å². The first kappa shape index (κ1) is 22.8. The highest BCUT2D eigenvalue weighted by Crippen LogP contribution is 2.51. The molecule has 0 bridgehead atoms. The van der Waals surface area contributed by atoms with Crippen molar-refractivity contribution in [3.05, 3.63) is 81.9 Å². The van der Waals surface area contributed by atoms with Crippen LogP contribution in [0.4, 0.5) is 17.6 Å². The van der Waals surface area contributed by atoms with Gasteiger partial charge in [-0.3, -0.25) is 4.90 Å². The molecule has 1 fully saturated rings. The Morgan fingerprint density at radius 3 is 2.50 bits per heavy atom. The van der Waals surface area contributed by atoms with Gasteiger partial charge in [-0.2, -0.15) is 0 Å². The number of carbonyl (C=O) groups is 1. The van der Waals surface area contributed by atoms with Crippen molar-refractivity contribution < 1.29 is 27.5 Å². The van der Waals surface area contributed by atoms with Crippen molar-refractivity contribution in [2.24, 2.45) is 5.92 Å². The summed E-state index contributed by atoms with van der Waals surface area (Å²) in [5.74, 6) is -5.64. The van der Waals surface area contributed by atoms with Crippen LogP contribution in [0.3, 0.4) is 0 Å². The summed E-state index contributed by atoms with van der Waals surface area (Å²) in [5, 5.41) is 8.83. The topological polar surface area (TPSA) is 40.5 Å². The maximum absolute atomic E-state index is 15.5. The number of alkyl halides is 2. The summed E-state index contributed by atoms with van der Waals surface area (Å²) in [6.07, 6.45) is 2.80. The lowest BCUT2D eigenvalue weighted by Crippen LogP contribution is -2.48. The van der Waals surface area contributed by atoms with Crippen LogP contribution in [0.5, 0.6) is 0 Å².